The first-order valence-corrected chi connectivity index (χ1v) is 5.14. The molecule has 84 valence electrons. The molecule has 0 aliphatic heterocycles. The molecule has 1 rings (SSSR count). The highest BCUT2D eigenvalue weighted by Crippen LogP contribution is 1.81. The lowest BCUT2D eigenvalue weighted by Crippen LogP contribution is -2.38. The van der Waals surface area contributed by atoms with Gasteiger partial charge in [0.1, 0.15) is 0 Å². The second-order valence-corrected chi connectivity index (χ2v) is 3.41. The van der Waals surface area contributed by atoms with Gasteiger partial charge in [-0.05, 0) is 19.5 Å². The van der Waals surface area contributed by atoms with Crippen molar-refractivity contribution in [2.24, 2.45) is 7.05 Å². The summed E-state index contributed by atoms with van der Waals surface area (Å²) in [6.45, 7) is 4.22. The van der Waals surface area contributed by atoms with Crippen molar-refractivity contribution in [3.05, 3.63) is 33.1 Å². The summed E-state index contributed by atoms with van der Waals surface area (Å²) in [6, 6.07) is 1.41. The number of rotatable bonds is 5. The zero-order chi connectivity index (χ0) is 11.3. The average molecular weight is 211 g/mol. The van der Waals surface area contributed by atoms with E-state index < -0.39 is 0 Å². The molecule has 0 aromatic carbocycles. The van der Waals surface area contributed by atoms with Gasteiger partial charge >= 0.3 is 5.69 Å². The summed E-state index contributed by atoms with van der Waals surface area (Å²) in [6.07, 6.45) is 2.28. The molecule has 0 bridgehead atoms. The summed E-state index contributed by atoms with van der Waals surface area (Å²) in [5, 5.41) is 3.15. The van der Waals surface area contributed by atoms with E-state index in [4.69, 9.17) is 0 Å². The van der Waals surface area contributed by atoms with Gasteiger partial charge in [0.2, 0.25) is 0 Å². The lowest BCUT2D eigenvalue weighted by molar-refractivity contribution is 0.541. The third kappa shape index (κ3) is 3.06. The molecule has 0 radical (unpaired) electrons. The third-order valence-corrected chi connectivity index (χ3v) is 2.22. The predicted octanol–water partition coefficient (Wildman–Crippen LogP) is -0.453. The molecule has 0 aliphatic carbocycles. The summed E-state index contributed by atoms with van der Waals surface area (Å²) >= 11 is 0. The summed E-state index contributed by atoms with van der Waals surface area (Å²) in [7, 11) is 1.64. The summed E-state index contributed by atoms with van der Waals surface area (Å²) < 4.78 is 2.67. The van der Waals surface area contributed by atoms with Gasteiger partial charge in [0, 0.05) is 25.9 Å². The monoisotopic (exact) mass is 211 g/mol. The second kappa shape index (κ2) is 5.50. The molecule has 0 saturated carbocycles. The standard InChI is InChI=1S/C10H17N3O2/c1-3-11-6-4-7-13-9(14)5-8-12(2)10(13)15/h5,8,11H,3-4,6-7H2,1-2H3. The summed E-state index contributed by atoms with van der Waals surface area (Å²) in [5.41, 5.74) is -0.478. The van der Waals surface area contributed by atoms with Gasteiger partial charge in [-0.2, -0.15) is 0 Å². The van der Waals surface area contributed by atoms with Gasteiger partial charge in [-0.25, -0.2) is 4.79 Å². The topological polar surface area (TPSA) is 56.0 Å². The number of hydrogen-bond donors (Lipinski definition) is 1. The molecule has 0 spiro atoms. The maximum Gasteiger partial charge on any atom is 0.330 e. The Morgan fingerprint density at radius 2 is 2.13 bits per heavy atom. The van der Waals surface area contributed by atoms with Crippen LogP contribution in [0.2, 0.25) is 0 Å². The Balaban J connectivity index is 2.72. The Bertz CT molecular complexity index is 419. The summed E-state index contributed by atoms with van der Waals surface area (Å²) in [4.78, 5) is 22.9. The molecule has 1 aromatic rings. The molecule has 1 heterocycles. The molecule has 5 nitrogen and oxygen atoms in total. The summed E-state index contributed by atoms with van der Waals surface area (Å²) in [5.74, 6) is 0. The normalized spacial score (nSPS) is 10.5. The predicted molar refractivity (Wildman–Crippen MR) is 59.1 cm³/mol. The van der Waals surface area contributed by atoms with Crippen molar-refractivity contribution in [2.45, 2.75) is 19.9 Å². The van der Waals surface area contributed by atoms with E-state index in [1.807, 2.05) is 6.92 Å². The largest absolute Gasteiger partial charge is 0.330 e. The van der Waals surface area contributed by atoms with Crippen LogP contribution in [0.3, 0.4) is 0 Å². The van der Waals surface area contributed by atoms with Crippen LogP contribution in [0.15, 0.2) is 21.9 Å². The molecule has 0 saturated heterocycles. The Morgan fingerprint density at radius 3 is 2.80 bits per heavy atom. The fourth-order valence-corrected chi connectivity index (χ4v) is 1.36. The first-order valence-electron chi connectivity index (χ1n) is 5.14. The fourth-order valence-electron chi connectivity index (χ4n) is 1.36. The van der Waals surface area contributed by atoms with Crippen LogP contribution < -0.4 is 16.6 Å². The van der Waals surface area contributed by atoms with Crippen molar-refractivity contribution in [1.82, 2.24) is 14.5 Å². The minimum Gasteiger partial charge on any atom is -0.317 e. The molecule has 15 heavy (non-hydrogen) atoms. The SMILES string of the molecule is CCNCCCn1c(=O)ccn(C)c1=O. The number of nitrogens with zero attached hydrogens (tertiary/aromatic N) is 2. The molecule has 1 N–H and O–H groups in total. The van der Waals surface area contributed by atoms with Crippen molar-refractivity contribution in [3.8, 4) is 0 Å². The van der Waals surface area contributed by atoms with Crippen molar-refractivity contribution < 1.29 is 0 Å². The van der Waals surface area contributed by atoms with Crippen molar-refractivity contribution in [3.63, 3.8) is 0 Å². The fraction of sp³-hybridized carbons (Fsp3) is 0.600. The molecular formula is C10H17N3O2. The van der Waals surface area contributed by atoms with Gasteiger partial charge < -0.3 is 9.88 Å². The van der Waals surface area contributed by atoms with E-state index in [1.165, 1.54) is 21.4 Å². The second-order valence-electron chi connectivity index (χ2n) is 3.41. The van der Waals surface area contributed by atoms with E-state index in [1.54, 1.807) is 7.05 Å². The first kappa shape index (κ1) is 11.7. The smallest absolute Gasteiger partial charge is 0.317 e. The van der Waals surface area contributed by atoms with Crippen molar-refractivity contribution in [2.75, 3.05) is 13.1 Å². The molecule has 0 aliphatic rings. The molecular weight excluding hydrogens is 194 g/mol. The molecule has 0 unspecified atom stereocenters. The maximum atomic E-state index is 11.6. The quantitative estimate of drug-likeness (QED) is 0.671. The molecule has 0 amide bonds. The van der Waals surface area contributed by atoms with Gasteiger partial charge in [-0.15, -0.1) is 0 Å². The number of nitrogens with one attached hydrogen (secondary N) is 1. The minimum atomic E-state index is -0.251. The lowest BCUT2D eigenvalue weighted by atomic mass is 10.4. The van der Waals surface area contributed by atoms with E-state index in [0.717, 1.165) is 19.5 Å². The van der Waals surface area contributed by atoms with Gasteiger partial charge in [-0.1, -0.05) is 6.92 Å². The number of aryl methyl sites for hydroxylation is 1. The maximum absolute atomic E-state index is 11.6. The van der Waals surface area contributed by atoms with Crippen LogP contribution in [0.25, 0.3) is 0 Å². The zero-order valence-electron chi connectivity index (χ0n) is 9.19. The van der Waals surface area contributed by atoms with Crippen molar-refractivity contribution in [1.29, 1.82) is 0 Å². The van der Waals surface area contributed by atoms with E-state index in [9.17, 15) is 9.59 Å². The highest BCUT2D eigenvalue weighted by Gasteiger charge is 2.01. The van der Waals surface area contributed by atoms with E-state index in [2.05, 4.69) is 5.32 Å². The van der Waals surface area contributed by atoms with Crippen molar-refractivity contribution >= 4 is 0 Å². The zero-order valence-corrected chi connectivity index (χ0v) is 9.19. The van der Waals surface area contributed by atoms with Crippen LogP contribution in [-0.4, -0.2) is 22.2 Å². The van der Waals surface area contributed by atoms with Crippen LogP contribution >= 0.6 is 0 Å². The third-order valence-electron chi connectivity index (χ3n) is 2.22. The van der Waals surface area contributed by atoms with E-state index in [-0.39, 0.29) is 11.2 Å². The van der Waals surface area contributed by atoms with Crippen LogP contribution in [0.4, 0.5) is 0 Å². The molecule has 0 atom stereocenters. The highest BCUT2D eigenvalue weighted by molar-refractivity contribution is 4.85. The van der Waals surface area contributed by atoms with E-state index in [0.29, 0.717) is 6.54 Å². The molecule has 0 fully saturated rings. The van der Waals surface area contributed by atoms with Crippen LogP contribution in [-0.2, 0) is 13.6 Å². The molecule has 5 heteroatoms. The van der Waals surface area contributed by atoms with Gasteiger partial charge in [0.25, 0.3) is 5.56 Å². The average Bonchev–Trinajstić information content (AvgIpc) is 2.23. The van der Waals surface area contributed by atoms with Crippen LogP contribution in [0.1, 0.15) is 13.3 Å². The van der Waals surface area contributed by atoms with E-state index >= 15 is 0 Å². The Kier molecular flexibility index (Phi) is 4.30. The lowest BCUT2D eigenvalue weighted by Gasteiger charge is -2.06. The van der Waals surface area contributed by atoms with Gasteiger partial charge in [-0.3, -0.25) is 9.36 Å². The number of aromatic nitrogens is 2. The Morgan fingerprint density at radius 1 is 1.40 bits per heavy atom. The Labute approximate surface area is 88.4 Å². The van der Waals surface area contributed by atoms with Crippen LogP contribution in [0, 0.1) is 0 Å². The number of hydrogen-bond acceptors (Lipinski definition) is 3. The minimum absolute atomic E-state index is 0.227. The Hall–Kier alpha value is -1.36. The van der Waals surface area contributed by atoms with Gasteiger partial charge in [0.15, 0.2) is 0 Å². The van der Waals surface area contributed by atoms with Crippen LogP contribution in [0.5, 0.6) is 0 Å². The van der Waals surface area contributed by atoms with Gasteiger partial charge in [0.05, 0.1) is 0 Å². The first-order chi connectivity index (χ1) is 7.16. The highest BCUT2D eigenvalue weighted by atomic mass is 16.2. The molecule has 1 aromatic heterocycles.